The van der Waals surface area contributed by atoms with Gasteiger partial charge in [0.1, 0.15) is 11.3 Å². The van der Waals surface area contributed by atoms with Crippen LogP contribution in [0.3, 0.4) is 0 Å². The summed E-state index contributed by atoms with van der Waals surface area (Å²) in [6.45, 7) is 0. The summed E-state index contributed by atoms with van der Waals surface area (Å²) < 4.78 is 13.2. The first-order valence-corrected chi connectivity index (χ1v) is 4.45. The minimum Gasteiger partial charge on any atom is -0.248 e. The highest BCUT2D eigenvalue weighted by atomic mass is 35.5. The molecule has 0 N–H and O–H groups in total. The van der Waals surface area contributed by atoms with Gasteiger partial charge in [-0.15, -0.1) is 11.6 Å². The zero-order chi connectivity index (χ0) is 9.26. The summed E-state index contributed by atoms with van der Waals surface area (Å²) in [6.07, 6.45) is 0. The van der Waals surface area contributed by atoms with Crippen molar-refractivity contribution < 1.29 is 4.39 Å². The highest BCUT2D eigenvalue weighted by Crippen LogP contribution is 2.16. The molecule has 3 heteroatoms. The van der Waals surface area contributed by atoms with Gasteiger partial charge in [-0.05, 0) is 12.1 Å². The molecule has 1 nitrogen and oxygen atoms in total. The summed E-state index contributed by atoms with van der Waals surface area (Å²) >= 11 is 5.59. The third kappa shape index (κ3) is 1.49. The van der Waals surface area contributed by atoms with Crippen LogP contribution >= 0.6 is 11.6 Å². The highest BCUT2D eigenvalue weighted by Gasteiger charge is 2.01. The number of aromatic nitrogens is 1. The average molecular weight is 196 g/mol. The van der Waals surface area contributed by atoms with E-state index in [9.17, 15) is 4.39 Å². The van der Waals surface area contributed by atoms with Crippen molar-refractivity contribution in [3.05, 3.63) is 41.8 Å². The molecular weight excluding hydrogens is 189 g/mol. The zero-order valence-electron chi connectivity index (χ0n) is 6.80. The van der Waals surface area contributed by atoms with Gasteiger partial charge in [-0.1, -0.05) is 18.2 Å². The molecule has 2 aromatic rings. The monoisotopic (exact) mass is 195 g/mol. The summed E-state index contributed by atoms with van der Waals surface area (Å²) in [7, 11) is 0. The summed E-state index contributed by atoms with van der Waals surface area (Å²) in [5, 5.41) is 0.800. The first-order valence-electron chi connectivity index (χ1n) is 3.91. The molecule has 66 valence electrons. The van der Waals surface area contributed by atoms with Crippen LogP contribution in [0.15, 0.2) is 30.3 Å². The fourth-order valence-electron chi connectivity index (χ4n) is 1.23. The van der Waals surface area contributed by atoms with Gasteiger partial charge in [0, 0.05) is 5.39 Å². The molecule has 0 atom stereocenters. The van der Waals surface area contributed by atoms with E-state index in [0.29, 0.717) is 17.1 Å². The van der Waals surface area contributed by atoms with Crippen molar-refractivity contribution in [2.45, 2.75) is 5.88 Å². The van der Waals surface area contributed by atoms with Crippen LogP contribution in [0.2, 0.25) is 0 Å². The van der Waals surface area contributed by atoms with Gasteiger partial charge < -0.3 is 0 Å². The maximum atomic E-state index is 13.2. The lowest BCUT2D eigenvalue weighted by molar-refractivity contribution is 0.636. The van der Waals surface area contributed by atoms with Crippen LogP contribution in [0.4, 0.5) is 4.39 Å². The molecule has 0 saturated heterocycles. The summed E-state index contributed by atoms with van der Waals surface area (Å²) in [4.78, 5) is 4.09. The lowest BCUT2D eigenvalue weighted by atomic mass is 10.2. The predicted octanol–water partition coefficient (Wildman–Crippen LogP) is 3.11. The lowest BCUT2D eigenvalue weighted by Crippen LogP contribution is -1.88. The number of para-hydroxylation sites is 1. The Bertz CT molecular complexity index is 442. The fraction of sp³-hybridized carbons (Fsp3) is 0.100. The minimum absolute atomic E-state index is 0.301. The van der Waals surface area contributed by atoms with E-state index in [1.165, 1.54) is 6.07 Å². The molecule has 0 aliphatic rings. The summed E-state index contributed by atoms with van der Waals surface area (Å²) in [5.41, 5.74) is 1.08. The average Bonchev–Trinajstić information content (AvgIpc) is 2.18. The van der Waals surface area contributed by atoms with E-state index in [1.54, 1.807) is 12.1 Å². The van der Waals surface area contributed by atoms with Crippen LogP contribution in [0.1, 0.15) is 5.69 Å². The molecule has 1 heterocycles. The Morgan fingerprint density at radius 2 is 2.08 bits per heavy atom. The Morgan fingerprint density at radius 3 is 2.85 bits per heavy atom. The Labute approximate surface area is 80.2 Å². The van der Waals surface area contributed by atoms with Crippen molar-refractivity contribution in [2.24, 2.45) is 0 Å². The molecular formula is C10H7ClFN. The van der Waals surface area contributed by atoms with Crippen LogP contribution in [0, 0.1) is 5.82 Å². The molecule has 0 radical (unpaired) electrons. The number of pyridine rings is 1. The van der Waals surface area contributed by atoms with Crippen molar-refractivity contribution in [2.75, 3.05) is 0 Å². The van der Waals surface area contributed by atoms with E-state index in [-0.39, 0.29) is 5.82 Å². The Kier molecular flexibility index (Phi) is 2.15. The van der Waals surface area contributed by atoms with Crippen LogP contribution in [0.5, 0.6) is 0 Å². The van der Waals surface area contributed by atoms with Crippen LogP contribution in [-0.4, -0.2) is 4.98 Å². The third-order valence-electron chi connectivity index (χ3n) is 1.87. The number of halogens is 2. The van der Waals surface area contributed by atoms with Crippen molar-refractivity contribution in [3.63, 3.8) is 0 Å². The van der Waals surface area contributed by atoms with Gasteiger partial charge in [-0.3, -0.25) is 0 Å². The Balaban J connectivity index is 2.74. The number of hydrogen-bond donors (Lipinski definition) is 0. The smallest absolute Gasteiger partial charge is 0.149 e. The third-order valence-corrected chi connectivity index (χ3v) is 2.14. The maximum absolute atomic E-state index is 13.2. The van der Waals surface area contributed by atoms with Crippen molar-refractivity contribution >= 4 is 22.5 Å². The molecule has 0 spiro atoms. The standard InChI is InChI=1S/C10H7ClFN/c11-6-8-5-4-7-2-1-3-9(12)10(7)13-8/h1-5H,6H2. The molecule has 1 aromatic heterocycles. The van der Waals surface area contributed by atoms with E-state index in [1.807, 2.05) is 12.1 Å². The minimum atomic E-state index is -0.301. The number of hydrogen-bond acceptors (Lipinski definition) is 1. The second-order valence-electron chi connectivity index (χ2n) is 2.75. The number of fused-ring (bicyclic) bond motifs is 1. The van der Waals surface area contributed by atoms with E-state index < -0.39 is 0 Å². The van der Waals surface area contributed by atoms with E-state index in [4.69, 9.17) is 11.6 Å². The molecule has 0 aliphatic heterocycles. The number of benzene rings is 1. The van der Waals surface area contributed by atoms with Crippen LogP contribution < -0.4 is 0 Å². The highest BCUT2D eigenvalue weighted by molar-refractivity contribution is 6.16. The van der Waals surface area contributed by atoms with Gasteiger partial charge in [-0.2, -0.15) is 0 Å². The first-order chi connectivity index (χ1) is 6.31. The van der Waals surface area contributed by atoms with Crippen molar-refractivity contribution in [1.82, 2.24) is 4.98 Å². The van der Waals surface area contributed by atoms with Crippen LogP contribution in [0.25, 0.3) is 10.9 Å². The quantitative estimate of drug-likeness (QED) is 0.638. The molecule has 2 rings (SSSR count). The molecule has 0 fully saturated rings. The molecule has 0 amide bonds. The summed E-state index contributed by atoms with van der Waals surface area (Å²) in [6, 6.07) is 8.51. The zero-order valence-corrected chi connectivity index (χ0v) is 7.55. The van der Waals surface area contributed by atoms with Gasteiger partial charge in [0.2, 0.25) is 0 Å². The Morgan fingerprint density at radius 1 is 1.23 bits per heavy atom. The maximum Gasteiger partial charge on any atom is 0.149 e. The fourth-order valence-corrected chi connectivity index (χ4v) is 1.37. The molecule has 13 heavy (non-hydrogen) atoms. The normalized spacial score (nSPS) is 10.6. The van der Waals surface area contributed by atoms with E-state index in [0.717, 1.165) is 5.39 Å². The lowest BCUT2D eigenvalue weighted by Gasteiger charge is -1.99. The number of rotatable bonds is 1. The van der Waals surface area contributed by atoms with Gasteiger partial charge in [0.15, 0.2) is 0 Å². The SMILES string of the molecule is Fc1cccc2ccc(CCl)nc12. The molecule has 0 bridgehead atoms. The van der Waals surface area contributed by atoms with Crippen LogP contribution in [-0.2, 0) is 5.88 Å². The topological polar surface area (TPSA) is 12.9 Å². The summed E-state index contributed by atoms with van der Waals surface area (Å²) in [5.74, 6) is 0.00838. The van der Waals surface area contributed by atoms with Crippen molar-refractivity contribution in [1.29, 1.82) is 0 Å². The Hall–Kier alpha value is -1.15. The van der Waals surface area contributed by atoms with Gasteiger partial charge >= 0.3 is 0 Å². The van der Waals surface area contributed by atoms with Gasteiger partial charge in [0.05, 0.1) is 11.6 Å². The van der Waals surface area contributed by atoms with Gasteiger partial charge in [0.25, 0.3) is 0 Å². The first kappa shape index (κ1) is 8.45. The molecule has 1 aromatic carbocycles. The molecule has 0 unspecified atom stereocenters. The van der Waals surface area contributed by atoms with E-state index >= 15 is 0 Å². The van der Waals surface area contributed by atoms with E-state index in [2.05, 4.69) is 4.98 Å². The largest absolute Gasteiger partial charge is 0.248 e. The number of nitrogens with zero attached hydrogens (tertiary/aromatic N) is 1. The van der Waals surface area contributed by atoms with Gasteiger partial charge in [-0.25, -0.2) is 9.37 Å². The second-order valence-corrected chi connectivity index (χ2v) is 3.02. The van der Waals surface area contributed by atoms with Crippen molar-refractivity contribution in [3.8, 4) is 0 Å². The second kappa shape index (κ2) is 3.30. The molecule has 0 aliphatic carbocycles. The predicted molar refractivity (Wildman–Crippen MR) is 51.3 cm³/mol. The number of alkyl halides is 1. The molecule has 0 saturated carbocycles.